The quantitative estimate of drug-likeness (QED) is 0.467. The van der Waals surface area contributed by atoms with Crippen molar-refractivity contribution in [3.63, 3.8) is 0 Å². The van der Waals surface area contributed by atoms with Crippen LogP contribution < -0.4 is 5.73 Å². The molecule has 0 aromatic heterocycles. The van der Waals surface area contributed by atoms with Crippen LogP contribution in [0.5, 0.6) is 0 Å². The average molecular weight is 157 g/mol. The van der Waals surface area contributed by atoms with Gasteiger partial charge in [0.2, 0.25) is 0 Å². The Hall–Kier alpha value is -0.340. The standard InChI is InChI=1S/C9H19NO/c1-9(2,8-10)6-4-3-5-7-11/h4,6,11H,3,5,7-8,10H2,1-2H3/b6-4-. The van der Waals surface area contributed by atoms with E-state index in [-0.39, 0.29) is 12.0 Å². The van der Waals surface area contributed by atoms with Gasteiger partial charge in [-0.25, -0.2) is 0 Å². The van der Waals surface area contributed by atoms with Crippen LogP contribution in [0.1, 0.15) is 26.7 Å². The first-order chi connectivity index (χ1) is 5.12. The molecule has 0 amide bonds. The number of hydrogen-bond acceptors (Lipinski definition) is 2. The third-order valence-electron chi connectivity index (χ3n) is 1.62. The Bertz CT molecular complexity index is 119. The molecule has 0 radical (unpaired) electrons. The molecule has 0 bridgehead atoms. The highest BCUT2D eigenvalue weighted by Gasteiger charge is 2.08. The van der Waals surface area contributed by atoms with Gasteiger partial charge in [0.15, 0.2) is 0 Å². The van der Waals surface area contributed by atoms with Crippen LogP contribution in [-0.2, 0) is 0 Å². The van der Waals surface area contributed by atoms with Crippen molar-refractivity contribution in [3.05, 3.63) is 12.2 Å². The molecule has 0 saturated heterocycles. The van der Waals surface area contributed by atoms with Crippen molar-refractivity contribution < 1.29 is 5.11 Å². The van der Waals surface area contributed by atoms with Gasteiger partial charge < -0.3 is 10.8 Å². The van der Waals surface area contributed by atoms with Gasteiger partial charge in [0.1, 0.15) is 0 Å². The van der Waals surface area contributed by atoms with E-state index in [1.165, 1.54) is 0 Å². The summed E-state index contributed by atoms with van der Waals surface area (Å²) in [7, 11) is 0. The van der Waals surface area contributed by atoms with E-state index < -0.39 is 0 Å². The van der Waals surface area contributed by atoms with Gasteiger partial charge >= 0.3 is 0 Å². The smallest absolute Gasteiger partial charge is 0.0433 e. The molecule has 0 aliphatic heterocycles. The zero-order valence-corrected chi connectivity index (χ0v) is 7.51. The molecule has 0 aliphatic carbocycles. The van der Waals surface area contributed by atoms with E-state index in [1.807, 2.05) is 0 Å². The Morgan fingerprint density at radius 3 is 2.55 bits per heavy atom. The summed E-state index contributed by atoms with van der Waals surface area (Å²) in [4.78, 5) is 0. The number of nitrogens with two attached hydrogens (primary N) is 1. The second kappa shape index (κ2) is 5.33. The maximum absolute atomic E-state index is 8.49. The van der Waals surface area contributed by atoms with Gasteiger partial charge in [0.05, 0.1) is 0 Å². The molecule has 2 nitrogen and oxygen atoms in total. The molecule has 0 fully saturated rings. The van der Waals surface area contributed by atoms with Gasteiger partial charge in [-0.05, 0) is 18.3 Å². The number of unbranched alkanes of at least 4 members (excludes halogenated alkanes) is 1. The minimum absolute atomic E-state index is 0.107. The van der Waals surface area contributed by atoms with E-state index in [4.69, 9.17) is 10.8 Å². The molecule has 3 N–H and O–H groups in total. The molecule has 0 saturated carbocycles. The van der Waals surface area contributed by atoms with Gasteiger partial charge in [-0.2, -0.15) is 0 Å². The average Bonchev–Trinajstić information content (AvgIpc) is 1.99. The topological polar surface area (TPSA) is 46.2 Å². The molecule has 2 heteroatoms. The first-order valence-electron chi connectivity index (χ1n) is 4.11. The highest BCUT2D eigenvalue weighted by atomic mass is 16.2. The number of aliphatic hydroxyl groups excluding tert-OH is 1. The van der Waals surface area contributed by atoms with Gasteiger partial charge in [-0.1, -0.05) is 26.0 Å². The predicted molar refractivity (Wildman–Crippen MR) is 48.3 cm³/mol. The normalized spacial score (nSPS) is 12.7. The zero-order chi connectivity index (χ0) is 8.74. The first kappa shape index (κ1) is 10.7. The van der Waals surface area contributed by atoms with Gasteiger partial charge in [-0.3, -0.25) is 0 Å². The van der Waals surface area contributed by atoms with E-state index in [1.54, 1.807) is 0 Å². The molecular weight excluding hydrogens is 138 g/mol. The maximum atomic E-state index is 8.49. The second-order valence-electron chi connectivity index (χ2n) is 3.46. The van der Waals surface area contributed by atoms with E-state index in [9.17, 15) is 0 Å². The number of hydrogen-bond donors (Lipinski definition) is 2. The zero-order valence-electron chi connectivity index (χ0n) is 7.51. The number of allylic oxidation sites excluding steroid dienone is 1. The molecule has 0 aliphatic rings. The van der Waals surface area contributed by atoms with Crippen molar-refractivity contribution in [2.45, 2.75) is 26.7 Å². The third kappa shape index (κ3) is 6.07. The Morgan fingerprint density at radius 2 is 2.09 bits per heavy atom. The van der Waals surface area contributed by atoms with Crippen molar-refractivity contribution in [3.8, 4) is 0 Å². The maximum Gasteiger partial charge on any atom is 0.0433 e. The first-order valence-corrected chi connectivity index (χ1v) is 4.11. The minimum atomic E-state index is 0.107. The number of rotatable bonds is 5. The lowest BCUT2D eigenvalue weighted by Crippen LogP contribution is -2.20. The summed E-state index contributed by atoms with van der Waals surface area (Å²) in [5.74, 6) is 0. The fourth-order valence-electron chi connectivity index (χ4n) is 0.680. The molecule has 0 heterocycles. The van der Waals surface area contributed by atoms with Crippen LogP contribution in [-0.4, -0.2) is 18.3 Å². The summed E-state index contributed by atoms with van der Waals surface area (Å²) in [6.07, 6.45) is 5.99. The Labute approximate surface area is 69.1 Å². The molecule has 0 aromatic rings. The molecule has 0 unspecified atom stereocenters. The lowest BCUT2D eigenvalue weighted by Gasteiger charge is -2.16. The molecule has 0 rings (SSSR count). The van der Waals surface area contributed by atoms with E-state index >= 15 is 0 Å². The minimum Gasteiger partial charge on any atom is -0.396 e. The summed E-state index contributed by atoms with van der Waals surface area (Å²) < 4.78 is 0. The van der Waals surface area contributed by atoms with Crippen molar-refractivity contribution in [2.75, 3.05) is 13.2 Å². The largest absolute Gasteiger partial charge is 0.396 e. The Kier molecular flexibility index (Phi) is 5.16. The van der Waals surface area contributed by atoms with Gasteiger partial charge in [0, 0.05) is 13.2 Å². The molecule has 11 heavy (non-hydrogen) atoms. The molecule has 66 valence electrons. The van der Waals surface area contributed by atoms with Crippen molar-refractivity contribution in [2.24, 2.45) is 11.1 Å². The van der Waals surface area contributed by atoms with Crippen LogP contribution in [0.2, 0.25) is 0 Å². The highest BCUT2D eigenvalue weighted by Crippen LogP contribution is 2.14. The summed E-state index contributed by atoms with van der Waals surface area (Å²) in [5, 5.41) is 8.49. The van der Waals surface area contributed by atoms with E-state index in [0.717, 1.165) is 12.8 Å². The van der Waals surface area contributed by atoms with Crippen LogP contribution in [0.4, 0.5) is 0 Å². The second-order valence-corrected chi connectivity index (χ2v) is 3.46. The van der Waals surface area contributed by atoms with Gasteiger partial charge in [0.25, 0.3) is 0 Å². The molecular formula is C9H19NO. The monoisotopic (exact) mass is 157 g/mol. The lowest BCUT2D eigenvalue weighted by molar-refractivity contribution is 0.289. The predicted octanol–water partition coefficient (Wildman–Crippen LogP) is 1.30. The number of aliphatic hydroxyl groups is 1. The summed E-state index contributed by atoms with van der Waals surface area (Å²) in [5.41, 5.74) is 5.63. The fourth-order valence-corrected chi connectivity index (χ4v) is 0.680. The van der Waals surface area contributed by atoms with Crippen LogP contribution in [0, 0.1) is 5.41 Å². The van der Waals surface area contributed by atoms with Crippen molar-refractivity contribution >= 4 is 0 Å². The third-order valence-corrected chi connectivity index (χ3v) is 1.62. The van der Waals surface area contributed by atoms with E-state index in [0.29, 0.717) is 6.54 Å². The van der Waals surface area contributed by atoms with Crippen molar-refractivity contribution in [1.82, 2.24) is 0 Å². The Balaban J connectivity index is 3.55. The summed E-state index contributed by atoms with van der Waals surface area (Å²) in [6, 6.07) is 0. The van der Waals surface area contributed by atoms with Crippen LogP contribution in [0.15, 0.2) is 12.2 Å². The summed E-state index contributed by atoms with van der Waals surface area (Å²) in [6.45, 7) is 5.14. The fraction of sp³-hybridized carbons (Fsp3) is 0.778. The summed E-state index contributed by atoms with van der Waals surface area (Å²) >= 11 is 0. The highest BCUT2D eigenvalue weighted by molar-refractivity contribution is 4.95. The Morgan fingerprint density at radius 1 is 1.45 bits per heavy atom. The SMILES string of the molecule is CC(C)(/C=C\CCCO)CN. The van der Waals surface area contributed by atoms with Crippen LogP contribution in [0.25, 0.3) is 0 Å². The van der Waals surface area contributed by atoms with Crippen LogP contribution in [0.3, 0.4) is 0 Å². The molecule has 0 spiro atoms. The van der Waals surface area contributed by atoms with Crippen molar-refractivity contribution in [1.29, 1.82) is 0 Å². The molecule has 0 atom stereocenters. The van der Waals surface area contributed by atoms with Crippen LogP contribution >= 0.6 is 0 Å². The lowest BCUT2D eigenvalue weighted by atomic mass is 9.93. The van der Waals surface area contributed by atoms with E-state index in [2.05, 4.69) is 26.0 Å². The molecule has 0 aromatic carbocycles. The van der Waals surface area contributed by atoms with Gasteiger partial charge in [-0.15, -0.1) is 0 Å².